The lowest BCUT2D eigenvalue weighted by Gasteiger charge is -2.09. The van der Waals surface area contributed by atoms with Crippen molar-refractivity contribution < 1.29 is 4.79 Å². The summed E-state index contributed by atoms with van der Waals surface area (Å²) in [4.78, 5) is 11.8. The highest BCUT2D eigenvalue weighted by atomic mass is 35.5. The van der Waals surface area contributed by atoms with E-state index in [4.69, 9.17) is 16.9 Å². The van der Waals surface area contributed by atoms with Crippen LogP contribution in [0, 0.1) is 11.3 Å². The third kappa shape index (κ3) is 4.23. The normalized spacial score (nSPS) is 9.71. The third-order valence-corrected chi connectivity index (χ3v) is 3.29. The summed E-state index contributed by atoms with van der Waals surface area (Å²) >= 11 is 6.02. The van der Waals surface area contributed by atoms with Gasteiger partial charge in [0.15, 0.2) is 0 Å². The summed E-state index contributed by atoms with van der Waals surface area (Å²) in [5.74, 6) is -0.164. The van der Waals surface area contributed by atoms with Crippen molar-refractivity contribution in [3.05, 3.63) is 64.7 Å². The topological polar surface area (TPSA) is 64.9 Å². The van der Waals surface area contributed by atoms with Gasteiger partial charge in [0.05, 0.1) is 17.8 Å². The zero-order valence-electron chi connectivity index (χ0n) is 11.3. The molecular formula is C16H14ClN3O. The first-order valence-corrected chi connectivity index (χ1v) is 6.81. The average molecular weight is 300 g/mol. The van der Waals surface area contributed by atoms with E-state index in [-0.39, 0.29) is 12.5 Å². The van der Waals surface area contributed by atoms with Crippen LogP contribution < -0.4 is 10.6 Å². The number of hydrogen-bond donors (Lipinski definition) is 2. The summed E-state index contributed by atoms with van der Waals surface area (Å²) in [6.07, 6.45) is 0. The molecule has 2 rings (SSSR count). The Morgan fingerprint density at radius 3 is 2.62 bits per heavy atom. The Morgan fingerprint density at radius 1 is 1.14 bits per heavy atom. The van der Waals surface area contributed by atoms with E-state index in [1.165, 1.54) is 0 Å². The number of amides is 1. The number of nitrogens with one attached hydrogen (secondary N) is 2. The molecule has 2 aromatic carbocycles. The second-order valence-electron chi connectivity index (χ2n) is 4.38. The van der Waals surface area contributed by atoms with E-state index < -0.39 is 0 Å². The van der Waals surface area contributed by atoms with Gasteiger partial charge < -0.3 is 10.6 Å². The van der Waals surface area contributed by atoms with Gasteiger partial charge in [-0.1, -0.05) is 41.9 Å². The highest BCUT2D eigenvalue weighted by Gasteiger charge is 2.05. The van der Waals surface area contributed by atoms with Crippen molar-refractivity contribution in [2.45, 2.75) is 6.54 Å². The molecule has 0 aromatic heterocycles. The number of para-hydroxylation sites is 1. The molecule has 0 saturated carbocycles. The molecule has 0 aliphatic carbocycles. The van der Waals surface area contributed by atoms with Crippen LogP contribution in [0.25, 0.3) is 0 Å². The molecule has 0 fully saturated rings. The molecule has 0 aliphatic rings. The lowest BCUT2D eigenvalue weighted by molar-refractivity contribution is -0.119. The van der Waals surface area contributed by atoms with Crippen LogP contribution in [-0.4, -0.2) is 12.5 Å². The van der Waals surface area contributed by atoms with Gasteiger partial charge in [0.1, 0.15) is 6.07 Å². The van der Waals surface area contributed by atoms with E-state index in [0.29, 0.717) is 22.8 Å². The van der Waals surface area contributed by atoms with Crippen LogP contribution in [0.3, 0.4) is 0 Å². The molecule has 1 amide bonds. The number of hydrogen-bond acceptors (Lipinski definition) is 3. The molecule has 0 bridgehead atoms. The zero-order chi connectivity index (χ0) is 15.1. The first kappa shape index (κ1) is 14.9. The largest absolute Gasteiger partial charge is 0.375 e. The molecule has 2 aromatic rings. The summed E-state index contributed by atoms with van der Waals surface area (Å²) in [6.45, 7) is 0.475. The maximum atomic E-state index is 11.8. The fraction of sp³-hybridized carbons (Fsp3) is 0.125. The van der Waals surface area contributed by atoms with Crippen LogP contribution in [0.1, 0.15) is 11.1 Å². The van der Waals surface area contributed by atoms with Crippen LogP contribution >= 0.6 is 11.6 Å². The van der Waals surface area contributed by atoms with Gasteiger partial charge in [0.25, 0.3) is 0 Å². The number of halogens is 1. The summed E-state index contributed by atoms with van der Waals surface area (Å²) in [5, 5.41) is 15.3. The average Bonchev–Trinajstić information content (AvgIpc) is 2.52. The van der Waals surface area contributed by atoms with Crippen molar-refractivity contribution >= 4 is 23.2 Å². The summed E-state index contributed by atoms with van der Waals surface area (Å²) in [7, 11) is 0. The van der Waals surface area contributed by atoms with Crippen LogP contribution in [0.4, 0.5) is 5.69 Å². The highest BCUT2D eigenvalue weighted by molar-refractivity contribution is 6.31. The molecule has 0 atom stereocenters. The molecule has 0 heterocycles. The predicted octanol–water partition coefficient (Wildman–Crippen LogP) is 2.94. The predicted molar refractivity (Wildman–Crippen MR) is 82.9 cm³/mol. The lowest BCUT2D eigenvalue weighted by Crippen LogP contribution is -2.29. The molecule has 21 heavy (non-hydrogen) atoms. The number of nitrogens with zero attached hydrogens (tertiary/aromatic N) is 1. The third-order valence-electron chi connectivity index (χ3n) is 2.92. The van der Waals surface area contributed by atoms with Crippen molar-refractivity contribution in [1.29, 1.82) is 5.26 Å². The molecule has 0 saturated heterocycles. The zero-order valence-corrected chi connectivity index (χ0v) is 12.0. The maximum absolute atomic E-state index is 11.8. The fourth-order valence-corrected chi connectivity index (χ4v) is 2.01. The van der Waals surface area contributed by atoms with Gasteiger partial charge in [-0.15, -0.1) is 0 Å². The van der Waals surface area contributed by atoms with E-state index in [0.717, 1.165) is 5.56 Å². The monoisotopic (exact) mass is 299 g/mol. The molecule has 2 N–H and O–H groups in total. The SMILES string of the molecule is N#Cc1ccccc1NCC(=O)NCc1ccccc1Cl. The second kappa shape index (κ2) is 7.32. The molecule has 0 spiro atoms. The van der Waals surface area contributed by atoms with E-state index in [1.807, 2.05) is 24.3 Å². The summed E-state index contributed by atoms with van der Waals surface area (Å²) in [6, 6.07) is 16.5. The molecule has 106 valence electrons. The Bertz CT molecular complexity index is 679. The van der Waals surface area contributed by atoms with Crippen LogP contribution in [-0.2, 0) is 11.3 Å². The van der Waals surface area contributed by atoms with Gasteiger partial charge in [0.2, 0.25) is 5.91 Å². The summed E-state index contributed by atoms with van der Waals surface area (Å²) in [5.41, 5.74) is 2.02. The van der Waals surface area contributed by atoms with Crippen molar-refractivity contribution in [3.63, 3.8) is 0 Å². The molecular weight excluding hydrogens is 286 g/mol. The van der Waals surface area contributed by atoms with Crippen molar-refractivity contribution in [2.75, 3.05) is 11.9 Å². The molecule has 5 heteroatoms. The van der Waals surface area contributed by atoms with Crippen molar-refractivity contribution in [1.82, 2.24) is 5.32 Å². The standard InChI is InChI=1S/C16H14ClN3O/c17-14-7-3-1-6-13(14)10-20-16(21)11-19-15-8-4-2-5-12(15)9-18/h1-8,19H,10-11H2,(H,20,21). The van der Waals surface area contributed by atoms with Crippen LogP contribution in [0.2, 0.25) is 5.02 Å². The van der Waals surface area contributed by atoms with Crippen LogP contribution in [0.15, 0.2) is 48.5 Å². The number of anilines is 1. The fourth-order valence-electron chi connectivity index (χ4n) is 1.81. The number of carbonyl (C=O) groups is 1. The van der Waals surface area contributed by atoms with Gasteiger partial charge in [-0.05, 0) is 23.8 Å². The Hall–Kier alpha value is -2.51. The lowest BCUT2D eigenvalue weighted by atomic mass is 10.2. The second-order valence-corrected chi connectivity index (χ2v) is 4.79. The van der Waals surface area contributed by atoms with Gasteiger partial charge >= 0.3 is 0 Å². The van der Waals surface area contributed by atoms with E-state index >= 15 is 0 Å². The van der Waals surface area contributed by atoms with Gasteiger partial charge in [-0.3, -0.25) is 4.79 Å². The maximum Gasteiger partial charge on any atom is 0.239 e. The first-order chi connectivity index (χ1) is 10.2. The molecule has 4 nitrogen and oxygen atoms in total. The van der Waals surface area contributed by atoms with Gasteiger partial charge in [-0.25, -0.2) is 0 Å². The number of nitriles is 1. The first-order valence-electron chi connectivity index (χ1n) is 6.44. The van der Waals surface area contributed by atoms with E-state index in [2.05, 4.69) is 16.7 Å². The van der Waals surface area contributed by atoms with E-state index in [9.17, 15) is 4.79 Å². The Labute approximate surface area is 128 Å². The minimum absolute atomic E-state index is 0.100. The highest BCUT2D eigenvalue weighted by Crippen LogP contribution is 2.14. The molecule has 0 aliphatic heterocycles. The molecule has 0 radical (unpaired) electrons. The Morgan fingerprint density at radius 2 is 1.86 bits per heavy atom. The van der Waals surface area contributed by atoms with Crippen molar-refractivity contribution in [2.24, 2.45) is 0 Å². The van der Waals surface area contributed by atoms with Gasteiger partial charge in [-0.2, -0.15) is 5.26 Å². The molecule has 0 unspecified atom stereocenters. The smallest absolute Gasteiger partial charge is 0.239 e. The van der Waals surface area contributed by atoms with Gasteiger partial charge in [0, 0.05) is 11.6 Å². The van der Waals surface area contributed by atoms with E-state index in [1.54, 1.807) is 24.3 Å². The Balaban J connectivity index is 1.86. The minimum atomic E-state index is -0.164. The van der Waals surface area contributed by atoms with Crippen LogP contribution in [0.5, 0.6) is 0 Å². The number of carbonyl (C=O) groups excluding carboxylic acids is 1. The minimum Gasteiger partial charge on any atom is -0.375 e. The number of benzene rings is 2. The summed E-state index contributed by atoms with van der Waals surface area (Å²) < 4.78 is 0. The van der Waals surface area contributed by atoms with Crippen molar-refractivity contribution in [3.8, 4) is 6.07 Å². The number of rotatable bonds is 5. The Kier molecular flexibility index (Phi) is 5.19. The quantitative estimate of drug-likeness (QED) is 0.892.